The zero-order valence-corrected chi connectivity index (χ0v) is 11.1. The third kappa shape index (κ3) is 2.88. The Hall–Kier alpha value is -0.770. The van der Waals surface area contributed by atoms with E-state index in [9.17, 15) is 0 Å². The molecule has 0 aliphatic rings. The number of aromatic nitrogens is 1. The van der Waals surface area contributed by atoms with Gasteiger partial charge in [0.1, 0.15) is 10.4 Å². The Morgan fingerprint density at radius 1 is 1.06 bits per heavy atom. The highest BCUT2D eigenvalue weighted by molar-refractivity contribution is 9.10. The number of benzene rings is 1. The van der Waals surface area contributed by atoms with Gasteiger partial charge in [0.05, 0.1) is 10.0 Å². The smallest absolute Gasteiger partial charge is 0.131 e. The zero-order chi connectivity index (χ0) is 11.5. The number of halogens is 3. The molecule has 0 unspecified atom stereocenters. The molecule has 5 heteroatoms. The van der Waals surface area contributed by atoms with E-state index in [-0.39, 0.29) is 0 Å². The van der Waals surface area contributed by atoms with Crippen LogP contribution >= 0.6 is 39.1 Å². The second kappa shape index (κ2) is 5.04. The van der Waals surface area contributed by atoms with Crippen molar-refractivity contribution in [3.8, 4) is 0 Å². The van der Waals surface area contributed by atoms with Crippen molar-refractivity contribution < 1.29 is 0 Å². The Bertz CT molecular complexity index is 517. The Labute approximate surface area is 112 Å². The minimum Gasteiger partial charge on any atom is -0.340 e. The standard InChI is InChI=1S/C11H7BrCl2N2/c12-10-2-1-3-11(16-10)15-7-4-5-8(13)9(14)6-7/h1-6H,(H,15,16). The van der Waals surface area contributed by atoms with Gasteiger partial charge in [-0.3, -0.25) is 0 Å². The van der Waals surface area contributed by atoms with Crippen LogP contribution < -0.4 is 5.32 Å². The van der Waals surface area contributed by atoms with Crippen LogP contribution in [0.2, 0.25) is 10.0 Å². The SMILES string of the molecule is Clc1ccc(Nc2cccc(Br)n2)cc1Cl. The number of hydrogen-bond donors (Lipinski definition) is 1. The maximum Gasteiger partial charge on any atom is 0.131 e. The molecule has 1 heterocycles. The highest BCUT2D eigenvalue weighted by atomic mass is 79.9. The summed E-state index contributed by atoms with van der Waals surface area (Å²) in [5.41, 5.74) is 0.847. The quantitative estimate of drug-likeness (QED) is 0.797. The molecule has 1 aromatic carbocycles. The fraction of sp³-hybridized carbons (Fsp3) is 0. The molecule has 0 aliphatic heterocycles. The second-order valence-electron chi connectivity index (χ2n) is 3.10. The lowest BCUT2D eigenvalue weighted by molar-refractivity contribution is 1.26. The molecule has 82 valence electrons. The third-order valence-electron chi connectivity index (χ3n) is 1.91. The number of nitrogens with one attached hydrogen (secondary N) is 1. The maximum absolute atomic E-state index is 5.91. The van der Waals surface area contributed by atoms with Gasteiger partial charge in [-0.1, -0.05) is 29.3 Å². The third-order valence-corrected chi connectivity index (χ3v) is 3.09. The molecular formula is C11H7BrCl2N2. The first kappa shape index (κ1) is 11.7. The van der Waals surface area contributed by atoms with Gasteiger partial charge in [0.2, 0.25) is 0 Å². The van der Waals surface area contributed by atoms with Crippen molar-refractivity contribution in [2.24, 2.45) is 0 Å². The largest absolute Gasteiger partial charge is 0.340 e. The van der Waals surface area contributed by atoms with E-state index in [0.717, 1.165) is 16.1 Å². The van der Waals surface area contributed by atoms with Crippen molar-refractivity contribution in [1.82, 2.24) is 4.98 Å². The molecule has 1 N–H and O–H groups in total. The van der Waals surface area contributed by atoms with Gasteiger partial charge in [-0.15, -0.1) is 0 Å². The van der Waals surface area contributed by atoms with Crippen LogP contribution in [-0.2, 0) is 0 Å². The topological polar surface area (TPSA) is 24.9 Å². The summed E-state index contributed by atoms with van der Waals surface area (Å²) in [5.74, 6) is 0.743. The zero-order valence-electron chi connectivity index (χ0n) is 8.05. The van der Waals surface area contributed by atoms with Crippen LogP contribution in [0.15, 0.2) is 41.0 Å². The van der Waals surface area contributed by atoms with Gasteiger partial charge in [0.25, 0.3) is 0 Å². The molecule has 0 amide bonds. The van der Waals surface area contributed by atoms with Crippen molar-refractivity contribution in [1.29, 1.82) is 0 Å². The molecule has 2 aromatic rings. The van der Waals surface area contributed by atoms with Crippen LogP contribution in [0.25, 0.3) is 0 Å². The Kier molecular flexibility index (Phi) is 3.69. The van der Waals surface area contributed by atoms with Crippen LogP contribution in [0.1, 0.15) is 0 Å². The molecule has 0 fully saturated rings. The number of nitrogens with zero attached hydrogens (tertiary/aromatic N) is 1. The lowest BCUT2D eigenvalue weighted by Gasteiger charge is -2.06. The average molecular weight is 318 g/mol. The highest BCUT2D eigenvalue weighted by Crippen LogP contribution is 2.26. The van der Waals surface area contributed by atoms with Crippen LogP contribution in [-0.4, -0.2) is 4.98 Å². The van der Waals surface area contributed by atoms with Crippen LogP contribution in [0.4, 0.5) is 11.5 Å². The molecule has 0 saturated heterocycles. The van der Waals surface area contributed by atoms with Crippen LogP contribution in [0, 0.1) is 0 Å². The van der Waals surface area contributed by atoms with E-state index in [0.29, 0.717) is 10.0 Å². The molecule has 1 aromatic heterocycles. The molecule has 0 aliphatic carbocycles. The van der Waals surface area contributed by atoms with Crippen molar-refractivity contribution in [3.63, 3.8) is 0 Å². The summed E-state index contributed by atoms with van der Waals surface area (Å²) < 4.78 is 0.776. The fourth-order valence-corrected chi connectivity index (χ4v) is 1.84. The Balaban J connectivity index is 2.24. The summed E-state index contributed by atoms with van der Waals surface area (Å²) in [6, 6.07) is 11.0. The number of pyridine rings is 1. The first-order chi connectivity index (χ1) is 7.65. The predicted octanol–water partition coefficient (Wildman–Crippen LogP) is 4.89. The van der Waals surface area contributed by atoms with E-state index in [2.05, 4.69) is 26.2 Å². The molecule has 2 rings (SSSR count). The fourth-order valence-electron chi connectivity index (χ4n) is 1.20. The number of rotatable bonds is 2. The predicted molar refractivity (Wildman–Crippen MR) is 71.7 cm³/mol. The van der Waals surface area contributed by atoms with E-state index in [1.54, 1.807) is 12.1 Å². The van der Waals surface area contributed by atoms with E-state index in [1.807, 2.05) is 24.3 Å². The van der Waals surface area contributed by atoms with E-state index >= 15 is 0 Å². The lowest BCUT2D eigenvalue weighted by Crippen LogP contribution is -1.93. The first-order valence-electron chi connectivity index (χ1n) is 4.50. The summed E-state index contributed by atoms with van der Waals surface area (Å²) in [4.78, 5) is 4.25. The summed E-state index contributed by atoms with van der Waals surface area (Å²) in [5, 5.41) is 4.18. The monoisotopic (exact) mass is 316 g/mol. The van der Waals surface area contributed by atoms with Crippen LogP contribution in [0.3, 0.4) is 0 Å². The van der Waals surface area contributed by atoms with Gasteiger partial charge in [-0.25, -0.2) is 4.98 Å². The molecule has 0 saturated carbocycles. The van der Waals surface area contributed by atoms with Gasteiger partial charge in [0, 0.05) is 5.69 Å². The van der Waals surface area contributed by atoms with E-state index < -0.39 is 0 Å². The summed E-state index contributed by atoms with van der Waals surface area (Å²) in [6.07, 6.45) is 0. The average Bonchev–Trinajstić information content (AvgIpc) is 2.24. The van der Waals surface area contributed by atoms with Crippen molar-refractivity contribution in [2.45, 2.75) is 0 Å². The van der Waals surface area contributed by atoms with Gasteiger partial charge >= 0.3 is 0 Å². The van der Waals surface area contributed by atoms with Gasteiger partial charge < -0.3 is 5.32 Å². The summed E-state index contributed by atoms with van der Waals surface area (Å²) in [7, 11) is 0. The van der Waals surface area contributed by atoms with Gasteiger partial charge in [-0.2, -0.15) is 0 Å². The number of anilines is 2. The molecule has 0 bridgehead atoms. The van der Waals surface area contributed by atoms with Crippen molar-refractivity contribution in [2.75, 3.05) is 5.32 Å². The van der Waals surface area contributed by atoms with Crippen molar-refractivity contribution in [3.05, 3.63) is 51.0 Å². The first-order valence-corrected chi connectivity index (χ1v) is 6.05. The maximum atomic E-state index is 5.91. The molecule has 0 atom stereocenters. The molecule has 16 heavy (non-hydrogen) atoms. The van der Waals surface area contributed by atoms with Crippen LogP contribution in [0.5, 0.6) is 0 Å². The number of hydrogen-bond acceptors (Lipinski definition) is 2. The van der Waals surface area contributed by atoms with E-state index in [1.165, 1.54) is 0 Å². The van der Waals surface area contributed by atoms with Gasteiger partial charge in [0.15, 0.2) is 0 Å². The molecule has 0 spiro atoms. The summed E-state index contributed by atoms with van der Waals surface area (Å²) >= 11 is 15.0. The lowest BCUT2D eigenvalue weighted by atomic mass is 10.3. The molecule has 2 nitrogen and oxygen atoms in total. The van der Waals surface area contributed by atoms with Gasteiger partial charge in [-0.05, 0) is 46.3 Å². The van der Waals surface area contributed by atoms with Crippen molar-refractivity contribution >= 4 is 50.6 Å². The molecular weight excluding hydrogens is 311 g/mol. The minimum absolute atomic E-state index is 0.515. The minimum atomic E-state index is 0.515. The Morgan fingerprint density at radius 3 is 2.56 bits per heavy atom. The Morgan fingerprint density at radius 2 is 1.88 bits per heavy atom. The normalized spacial score (nSPS) is 10.2. The second-order valence-corrected chi connectivity index (χ2v) is 4.73. The molecule has 0 radical (unpaired) electrons. The van der Waals surface area contributed by atoms with E-state index in [4.69, 9.17) is 23.2 Å². The summed E-state index contributed by atoms with van der Waals surface area (Å²) in [6.45, 7) is 0. The highest BCUT2D eigenvalue weighted by Gasteiger charge is 2.00.